The van der Waals surface area contributed by atoms with Crippen molar-refractivity contribution in [2.24, 2.45) is 0 Å². The molecular weight excluding hydrogens is 266 g/mol. The Morgan fingerprint density at radius 2 is 2.17 bits per heavy atom. The predicted molar refractivity (Wildman–Crippen MR) is 80.0 cm³/mol. The molecule has 0 aromatic carbocycles. The summed E-state index contributed by atoms with van der Waals surface area (Å²) in [4.78, 5) is 8.45. The van der Waals surface area contributed by atoms with Crippen LogP contribution in [0, 0.1) is 6.92 Å². The fourth-order valence-corrected chi connectivity index (χ4v) is 3.83. The number of anilines is 1. The normalized spacial score (nSPS) is 16.2. The van der Waals surface area contributed by atoms with E-state index in [1.165, 1.54) is 21.5 Å². The van der Waals surface area contributed by atoms with E-state index in [0.717, 1.165) is 38.5 Å². The first kappa shape index (κ1) is 14.1. The second-order valence-corrected chi connectivity index (χ2v) is 6.56. The third kappa shape index (κ3) is 3.85. The smallest absolute Gasteiger partial charge is 0.185 e. The summed E-state index contributed by atoms with van der Waals surface area (Å²) in [6.07, 6.45) is 0. The first-order chi connectivity index (χ1) is 8.81. The van der Waals surface area contributed by atoms with Crippen molar-refractivity contribution in [3.63, 3.8) is 0 Å². The molecular formula is C12H21N3OS2. The average Bonchev–Trinajstić information content (AvgIpc) is 2.77. The summed E-state index contributed by atoms with van der Waals surface area (Å²) < 4.78 is 5.03. The van der Waals surface area contributed by atoms with Gasteiger partial charge in [-0.3, -0.25) is 0 Å². The van der Waals surface area contributed by atoms with E-state index < -0.39 is 0 Å². The summed E-state index contributed by atoms with van der Waals surface area (Å²) in [6, 6.07) is 0. The van der Waals surface area contributed by atoms with Gasteiger partial charge in [0.05, 0.1) is 12.3 Å². The van der Waals surface area contributed by atoms with E-state index >= 15 is 0 Å². The van der Waals surface area contributed by atoms with Crippen LogP contribution < -0.4 is 10.2 Å². The van der Waals surface area contributed by atoms with Crippen molar-refractivity contribution in [3.8, 4) is 0 Å². The SMILES string of the molecule is COCCNCc1sc(N2CCSCC2)nc1C. The number of ether oxygens (including phenoxy) is 1. The number of methoxy groups -OCH3 is 1. The monoisotopic (exact) mass is 287 g/mol. The Bertz CT molecular complexity index is 364. The van der Waals surface area contributed by atoms with Crippen molar-refractivity contribution < 1.29 is 4.74 Å². The zero-order chi connectivity index (χ0) is 12.8. The molecule has 1 saturated heterocycles. The molecule has 0 bridgehead atoms. The van der Waals surface area contributed by atoms with Crippen LogP contribution in [0.15, 0.2) is 0 Å². The predicted octanol–water partition coefficient (Wildman–Crippen LogP) is 1.74. The van der Waals surface area contributed by atoms with Crippen molar-refractivity contribution in [1.82, 2.24) is 10.3 Å². The fourth-order valence-electron chi connectivity index (χ4n) is 1.84. The molecule has 6 heteroatoms. The van der Waals surface area contributed by atoms with E-state index in [9.17, 15) is 0 Å². The van der Waals surface area contributed by atoms with Crippen LogP contribution in [0.2, 0.25) is 0 Å². The average molecular weight is 287 g/mol. The first-order valence-electron chi connectivity index (χ1n) is 6.30. The molecule has 102 valence electrons. The zero-order valence-corrected chi connectivity index (χ0v) is 12.7. The number of hydrogen-bond acceptors (Lipinski definition) is 6. The van der Waals surface area contributed by atoms with Gasteiger partial charge in [-0.05, 0) is 6.92 Å². The van der Waals surface area contributed by atoms with E-state index in [2.05, 4.69) is 17.1 Å². The molecule has 1 fully saturated rings. The van der Waals surface area contributed by atoms with Gasteiger partial charge >= 0.3 is 0 Å². The third-order valence-electron chi connectivity index (χ3n) is 2.93. The lowest BCUT2D eigenvalue weighted by atomic mass is 10.4. The number of thiazole rings is 1. The minimum atomic E-state index is 0.758. The molecule has 0 saturated carbocycles. The van der Waals surface area contributed by atoms with E-state index in [1.807, 2.05) is 23.1 Å². The summed E-state index contributed by atoms with van der Waals surface area (Å²) in [5.41, 5.74) is 1.16. The number of rotatable bonds is 6. The van der Waals surface area contributed by atoms with Crippen LogP contribution >= 0.6 is 23.1 Å². The molecule has 1 aliphatic heterocycles. The molecule has 0 amide bonds. The van der Waals surface area contributed by atoms with Gasteiger partial charge < -0.3 is 15.0 Å². The van der Waals surface area contributed by atoms with Crippen LogP contribution in [0.5, 0.6) is 0 Å². The summed E-state index contributed by atoms with van der Waals surface area (Å²) >= 11 is 3.86. The Hall–Kier alpha value is -0.300. The van der Waals surface area contributed by atoms with Gasteiger partial charge in [0.2, 0.25) is 0 Å². The maximum absolute atomic E-state index is 5.03. The highest BCUT2D eigenvalue weighted by atomic mass is 32.2. The van der Waals surface area contributed by atoms with Crippen LogP contribution in [-0.4, -0.2) is 49.8 Å². The molecule has 1 N–H and O–H groups in total. The highest BCUT2D eigenvalue weighted by Crippen LogP contribution is 2.27. The highest BCUT2D eigenvalue weighted by molar-refractivity contribution is 7.99. The van der Waals surface area contributed by atoms with E-state index in [0.29, 0.717) is 0 Å². The summed E-state index contributed by atoms with van der Waals surface area (Å²) in [7, 11) is 1.73. The Morgan fingerprint density at radius 1 is 1.39 bits per heavy atom. The highest BCUT2D eigenvalue weighted by Gasteiger charge is 2.16. The van der Waals surface area contributed by atoms with Crippen LogP contribution in [0.3, 0.4) is 0 Å². The first-order valence-corrected chi connectivity index (χ1v) is 8.27. The standard InChI is InChI=1S/C12H21N3OS2/c1-10-11(9-13-3-6-16-2)18-12(14-10)15-4-7-17-8-5-15/h13H,3-9H2,1-2H3. The van der Waals surface area contributed by atoms with Crippen LogP contribution in [0.4, 0.5) is 5.13 Å². The number of nitrogens with zero attached hydrogens (tertiary/aromatic N) is 2. The minimum absolute atomic E-state index is 0.758. The number of aromatic nitrogens is 1. The van der Waals surface area contributed by atoms with Gasteiger partial charge in [-0.25, -0.2) is 4.98 Å². The molecule has 4 nitrogen and oxygen atoms in total. The lowest BCUT2D eigenvalue weighted by Gasteiger charge is -2.25. The minimum Gasteiger partial charge on any atom is -0.383 e. The Morgan fingerprint density at radius 3 is 2.89 bits per heavy atom. The molecule has 0 spiro atoms. The lowest BCUT2D eigenvalue weighted by molar-refractivity contribution is 0.199. The number of hydrogen-bond donors (Lipinski definition) is 1. The van der Waals surface area contributed by atoms with E-state index in [-0.39, 0.29) is 0 Å². The molecule has 0 radical (unpaired) electrons. The van der Waals surface area contributed by atoms with Crippen molar-refractivity contribution in [1.29, 1.82) is 0 Å². The summed E-state index contributed by atoms with van der Waals surface area (Å²) in [5.74, 6) is 2.44. The Balaban J connectivity index is 1.89. The Kier molecular flexibility index (Phi) is 5.75. The number of thioether (sulfide) groups is 1. The van der Waals surface area contributed by atoms with Gasteiger partial charge in [0.15, 0.2) is 5.13 Å². The molecule has 2 heterocycles. The van der Waals surface area contributed by atoms with E-state index in [1.54, 1.807) is 7.11 Å². The van der Waals surface area contributed by atoms with Gasteiger partial charge in [-0.1, -0.05) is 0 Å². The molecule has 2 rings (SSSR count). The van der Waals surface area contributed by atoms with Gasteiger partial charge in [0, 0.05) is 49.7 Å². The van der Waals surface area contributed by atoms with Crippen molar-refractivity contribution in [2.75, 3.05) is 49.8 Å². The molecule has 1 aromatic heterocycles. The zero-order valence-electron chi connectivity index (χ0n) is 11.1. The maximum atomic E-state index is 5.03. The van der Waals surface area contributed by atoms with E-state index in [4.69, 9.17) is 9.72 Å². The molecule has 1 aromatic rings. The quantitative estimate of drug-likeness (QED) is 0.807. The molecule has 18 heavy (non-hydrogen) atoms. The molecule has 0 aliphatic carbocycles. The second-order valence-electron chi connectivity index (χ2n) is 4.27. The van der Waals surface area contributed by atoms with Gasteiger partial charge in [-0.15, -0.1) is 11.3 Å². The second kappa shape index (κ2) is 7.33. The fraction of sp³-hybridized carbons (Fsp3) is 0.750. The van der Waals surface area contributed by atoms with Crippen molar-refractivity contribution >= 4 is 28.2 Å². The Labute approximate surface area is 117 Å². The topological polar surface area (TPSA) is 37.4 Å². The summed E-state index contributed by atoms with van der Waals surface area (Å²) in [5, 5.41) is 4.57. The van der Waals surface area contributed by atoms with Gasteiger partial charge in [0.25, 0.3) is 0 Å². The third-order valence-corrected chi connectivity index (χ3v) is 5.09. The number of nitrogens with one attached hydrogen (secondary N) is 1. The van der Waals surface area contributed by atoms with Gasteiger partial charge in [-0.2, -0.15) is 11.8 Å². The van der Waals surface area contributed by atoms with Crippen LogP contribution in [0.1, 0.15) is 10.6 Å². The molecule has 0 unspecified atom stereocenters. The van der Waals surface area contributed by atoms with Gasteiger partial charge in [0.1, 0.15) is 0 Å². The summed E-state index contributed by atoms with van der Waals surface area (Å²) in [6.45, 7) is 6.92. The van der Waals surface area contributed by atoms with Crippen molar-refractivity contribution in [2.45, 2.75) is 13.5 Å². The van der Waals surface area contributed by atoms with Crippen molar-refractivity contribution in [3.05, 3.63) is 10.6 Å². The number of aryl methyl sites for hydroxylation is 1. The largest absolute Gasteiger partial charge is 0.383 e. The molecule has 0 atom stereocenters. The molecule has 1 aliphatic rings. The van der Waals surface area contributed by atoms with Crippen LogP contribution in [0.25, 0.3) is 0 Å². The maximum Gasteiger partial charge on any atom is 0.185 e. The van der Waals surface area contributed by atoms with Crippen LogP contribution in [-0.2, 0) is 11.3 Å². The lowest BCUT2D eigenvalue weighted by Crippen LogP contribution is -2.32.